The van der Waals surface area contributed by atoms with Gasteiger partial charge >= 0.3 is 0 Å². The second-order valence-electron chi connectivity index (χ2n) is 7.15. The van der Waals surface area contributed by atoms with E-state index in [4.69, 9.17) is 11.6 Å². The number of nitrogens with zero attached hydrogens (tertiary/aromatic N) is 3. The lowest BCUT2D eigenvalue weighted by Gasteiger charge is -2.33. The number of halogens is 3. The van der Waals surface area contributed by atoms with E-state index in [-0.39, 0.29) is 22.7 Å². The van der Waals surface area contributed by atoms with E-state index < -0.39 is 5.82 Å². The normalized spacial score (nSPS) is 16.4. The summed E-state index contributed by atoms with van der Waals surface area (Å²) in [6, 6.07) is 11.9. The van der Waals surface area contributed by atoms with Gasteiger partial charge in [0.1, 0.15) is 17.5 Å². The molecule has 0 saturated carbocycles. The van der Waals surface area contributed by atoms with Crippen LogP contribution in [0.5, 0.6) is 0 Å². The molecule has 0 bridgehead atoms. The molecule has 0 radical (unpaired) electrons. The first-order valence-electron chi connectivity index (χ1n) is 9.59. The molecule has 1 aromatic heterocycles. The van der Waals surface area contributed by atoms with E-state index in [1.807, 2.05) is 4.90 Å². The number of anilines is 2. The third-order valence-corrected chi connectivity index (χ3v) is 5.34. The molecule has 154 valence electrons. The molecule has 1 N–H and O–H groups in total. The molecule has 8 heteroatoms. The van der Waals surface area contributed by atoms with Crippen LogP contribution in [0.1, 0.15) is 12.8 Å². The molecule has 0 spiro atoms. The van der Waals surface area contributed by atoms with Crippen molar-refractivity contribution < 1.29 is 13.6 Å². The summed E-state index contributed by atoms with van der Waals surface area (Å²) in [5.41, 5.74) is 1.18. The highest BCUT2D eigenvalue weighted by molar-refractivity contribution is 6.31. The molecule has 5 nitrogen and oxygen atoms in total. The molecule has 3 aromatic rings. The average molecular weight is 429 g/mol. The monoisotopic (exact) mass is 428 g/mol. The van der Waals surface area contributed by atoms with Crippen molar-refractivity contribution in [3.05, 3.63) is 71.4 Å². The molecule has 0 aliphatic carbocycles. The lowest BCUT2D eigenvalue weighted by atomic mass is 9.97. The predicted molar refractivity (Wildman–Crippen MR) is 112 cm³/mol. The maximum Gasteiger partial charge on any atom is 0.229 e. The Hall–Kier alpha value is -3.06. The van der Waals surface area contributed by atoms with Crippen LogP contribution in [0.4, 0.5) is 20.3 Å². The summed E-state index contributed by atoms with van der Waals surface area (Å²) in [5, 5.41) is 2.77. The number of hydrogen-bond donors (Lipinski definition) is 1. The molecule has 1 aliphatic rings. The van der Waals surface area contributed by atoms with E-state index in [9.17, 15) is 13.6 Å². The molecule has 1 amide bonds. The summed E-state index contributed by atoms with van der Waals surface area (Å²) in [5.74, 6) is -0.0184. The molecule has 1 saturated heterocycles. The molecule has 2 aromatic carbocycles. The van der Waals surface area contributed by atoms with Crippen molar-refractivity contribution >= 4 is 29.0 Å². The molecule has 1 atom stereocenters. The van der Waals surface area contributed by atoms with Gasteiger partial charge in [0.2, 0.25) is 5.91 Å². The molecule has 0 unspecified atom stereocenters. The van der Waals surface area contributed by atoms with Crippen LogP contribution in [0.25, 0.3) is 11.4 Å². The minimum atomic E-state index is -0.528. The standard InChI is InChI=1S/C22H19ClF2N4O/c23-18-12-17(7-8-19(18)25)27-22(30)15-2-1-11-29(13-15)20-9-10-26-21(28-20)14-3-5-16(24)6-4-14/h3-10,12,15H,1-2,11,13H2,(H,27,30)/t15-/m0/s1. The van der Waals surface area contributed by atoms with Crippen molar-refractivity contribution in [2.24, 2.45) is 5.92 Å². The second kappa shape index (κ2) is 8.75. The fourth-order valence-electron chi connectivity index (χ4n) is 3.48. The van der Waals surface area contributed by atoms with E-state index in [2.05, 4.69) is 15.3 Å². The van der Waals surface area contributed by atoms with Crippen molar-refractivity contribution in [2.75, 3.05) is 23.3 Å². The molecular weight excluding hydrogens is 410 g/mol. The van der Waals surface area contributed by atoms with Gasteiger partial charge in [0.15, 0.2) is 5.82 Å². The van der Waals surface area contributed by atoms with Gasteiger partial charge in [-0.05, 0) is 61.4 Å². The summed E-state index contributed by atoms with van der Waals surface area (Å²) in [6.07, 6.45) is 3.23. The zero-order valence-corrected chi connectivity index (χ0v) is 16.7. The number of nitrogens with one attached hydrogen (secondary N) is 1. The van der Waals surface area contributed by atoms with Gasteiger partial charge < -0.3 is 10.2 Å². The van der Waals surface area contributed by atoms with Gasteiger partial charge in [-0.1, -0.05) is 11.6 Å². The zero-order valence-electron chi connectivity index (χ0n) is 16.0. The van der Waals surface area contributed by atoms with Crippen molar-refractivity contribution in [1.29, 1.82) is 0 Å². The van der Waals surface area contributed by atoms with Crippen molar-refractivity contribution in [3.8, 4) is 11.4 Å². The first kappa shape index (κ1) is 20.2. The Morgan fingerprint density at radius 2 is 1.93 bits per heavy atom. The van der Waals surface area contributed by atoms with Crippen molar-refractivity contribution in [2.45, 2.75) is 12.8 Å². The minimum absolute atomic E-state index is 0.0348. The number of carbonyl (C=O) groups is 1. The van der Waals surface area contributed by atoms with Gasteiger partial charge in [-0.25, -0.2) is 18.7 Å². The maximum absolute atomic E-state index is 13.3. The Bertz CT molecular complexity index is 1060. The highest BCUT2D eigenvalue weighted by Crippen LogP contribution is 2.26. The van der Waals surface area contributed by atoms with Crippen LogP contribution < -0.4 is 10.2 Å². The number of benzene rings is 2. The highest BCUT2D eigenvalue weighted by Gasteiger charge is 2.27. The summed E-state index contributed by atoms with van der Waals surface area (Å²) in [6.45, 7) is 1.27. The zero-order chi connectivity index (χ0) is 21.1. The molecule has 2 heterocycles. The topological polar surface area (TPSA) is 58.1 Å². The molecule has 1 fully saturated rings. The van der Waals surface area contributed by atoms with E-state index >= 15 is 0 Å². The number of hydrogen-bond acceptors (Lipinski definition) is 4. The van der Waals surface area contributed by atoms with E-state index in [1.165, 1.54) is 30.3 Å². The van der Waals surface area contributed by atoms with Crippen LogP contribution in [0, 0.1) is 17.6 Å². The number of carbonyl (C=O) groups excluding carboxylic acids is 1. The molecular formula is C22H19ClF2N4O. The molecule has 1 aliphatic heterocycles. The van der Waals surface area contributed by atoms with Crippen molar-refractivity contribution in [3.63, 3.8) is 0 Å². The van der Waals surface area contributed by atoms with E-state index in [0.29, 0.717) is 23.9 Å². The number of aromatic nitrogens is 2. The van der Waals surface area contributed by atoms with E-state index in [1.54, 1.807) is 24.4 Å². The van der Waals surface area contributed by atoms with Crippen molar-refractivity contribution in [1.82, 2.24) is 9.97 Å². The lowest BCUT2D eigenvalue weighted by Crippen LogP contribution is -2.41. The van der Waals surface area contributed by atoms with Gasteiger partial charge in [0.25, 0.3) is 0 Å². The van der Waals surface area contributed by atoms with Gasteiger partial charge in [0.05, 0.1) is 10.9 Å². The second-order valence-corrected chi connectivity index (χ2v) is 7.56. The highest BCUT2D eigenvalue weighted by atomic mass is 35.5. The Labute approximate surface area is 177 Å². The van der Waals surface area contributed by atoms with Crippen LogP contribution in [-0.4, -0.2) is 29.0 Å². The van der Waals surface area contributed by atoms with Gasteiger partial charge in [-0.3, -0.25) is 4.79 Å². The van der Waals surface area contributed by atoms with Crippen LogP contribution in [0.2, 0.25) is 5.02 Å². The minimum Gasteiger partial charge on any atom is -0.356 e. The third-order valence-electron chi connectivity index (χ3n) is 5.05. The maximum atomic E-state index is 13.3. The Morgan fingerprint density at radius 3 is 2.70 bits per heavy atom. The summed E-state index contributed by atoms with van der Waals surface area (Å²) >= 11 is 5.79. The quantitative estimate of drug-likeness (QED) is 0.640. The number of rotatable bonds is 4. The van der Waals surface area contributed by atoms with Crippen LogP contribution >= 0.6 is 11.6 Å². The Balaban J connectivity index is 1.47. The number of piperidine rings is 1. The lowest BCUT2D eigenvalue weighted by molar-refractivity contribution is -0.120. The average Bonchev–Trinajstić information content (AvgIpc) is 2.77. The number of amides is 1. The van der Waals surface area contributed by atoms with E-state index in [0.717, 1.165) is 24.9 Å². The Kier molecular flexibility index (Phi) is 5.90. The SMILES string of the molecule is O=C(Nc1ccc(F)c(Cl)c1)[C@H]1CCCN(c2ccnc(-c3ccc(F)cc3)n2)C1. The third kappa shape index (κ3) is 4.57. The first-order chi connectivity index (χ1) is 14.5. The van der Waals surface area contributed by atoms with Gasteiger partial charge in [0, 0.05) is 30.5 Å². The molecule has 30 heavy (non-hydrogen) atoms. The summed E-state index contributed by atoms with van der Waals surface area (Å²) in [4.78, 5) is 23.6. The first-order valence-corrected chi connectivity index (χ1v) is 9.97. The van der Waals surface area contributed by atoms with Crippen LogP contribution in [0.15, 0.2) is 54.7 Å². The van der Waals surface area contributed by atoms with Crippen LogP contribution in [-0.2, 0) is 4.79 Å². The largest absolute Gasteiger partial charge is 0.356 e. The fourth-order valence-corrected chi connectivity index (χ4v) is 3.66. The predicted octanol–water partition coefficient (Wildman–Crippen LogP) is 4.93. The fraction of sp³-hybridized carbons (Fsp3) is 0.227. The molecule has 4 rings (SSSR count). The Morgan fingerprint density at radius 1 is 1.13 bits per heavy atom. The summed E-state index contributed by atoms with van der Waals surface area (Å²) in [7, 11) is 0. The smallest absolute Gasteiger partial charge is 0.229 e. The summed E-state index contributed by atoms with van der Waals surface area (Å²) < 4.78 is 26.5. The van der Waals surface area contributed by atoms with Gasteiger partial charge in [-0.2, -0.15) is 0 Å². The van der Waals surface area contributed by atoms with Gasteiger partial charge in [-0.15, -0.1) is 0 Å². The van der Waals surface area contributed by atoms with Crippen LogP contribution in [0.3, 0.4) is 0 Å².